The molecule has 1 aromatic rings. The molecule has 1 saturated carbocycles. The van der Waals surface area contributed by atoms with Crippen LogP contribution in [0.15, 0.2) is 18.2 Å². The van der Waals surface area contributed by atoms with Gasteiger partial charge in [0.1, 0.15) is 0 Å². The molecule has 2 N–H and O–H groups in total. The van der Waals surface area contributed by atoms with E-state index in [-0.39, 0.29) is 17.7 Å². The lowest BCUT2D eigenvalue weighted by Crippen LogP contribution is -2.30. The molecular formula is C20H29N3O3. The number of anilines is 2. The van der Waals surface area contributed by atoms with Gasteiger partial charge in [0, 0.05) is 44.0 Å². The lowest BCUT2D eigenvalue weighted by atomic mass is 10.1. The van der Waals surface area contributed by atoms with Gasteiger partial charge in [0.2, 0.25) is 5.91 Å². The summed E-state index contributed by atoms with van der Waals surface area (Å²) in [4.78, 5) is 27.3. The van der Waals surface area contributed by atoms with Gasteiger partial charge in [0.15, 0.2) is 0 Å². The van der Waals surface area contributed by atoms with Crippen LogP contribution in [0.3, 0.4) is 0 Å². The number of nitrogens with one attached hydrogen (secondary N) is 2. The molecule has 0 atom stereocenters. The molecule has 1 aliphatic heterocycles. The van der Waals surface area contributed by atoms with E-state index >= 15 is 0 Å². The van der Waals surface area contributed by atoms with Gasteiger partial charge < -0.3 is 20.3 Å². The first kappa shape index (κ1) is 18.7. The molecule has 1 aliphatic carbocycles. The molecule has 0 radical (unpaired) electrons. The van der Waals surface area contributed by atoms with Crippen LogP contribution >= 0.6 is 0 Å². The largest absolute Gasteiger partial charge is 0.383 e. The monoisotopic (exact) mass is 359 g/mol. The summed E-state index contributed by atoms with van der Waals surface area (Å²) in [6, 6.07) is 5.68. The molecule has 3 rings (SSSR count). The molecule has 0 spiro atoms. The van der Waals surface area contributed by atoms with E-state index < -0.39 is 0 Å². The van der Waals surface area contributed by atoms with Crippen molar-refractivity contribution in [3.8, 4) is 0 Å². The third kappa shape index (κ3) is 4.55. The minimum absolute atomic E-state index is 0.0714. The quantitative estimate of drug-likeness (QED) is 0.735. The Balaban J connectivity index is 1.77. The molecule has 1 saturated heterocycles. The number of carbonyl (C=O) groups excluding carboxylic acids is 2. The maximum Gasteiger partial charge on any atom is 0.253 e. The van der Waals surface area contributed by atoms with Crippen LogP contribution in [0.2, 0.25) is 0 Å². The third-order valence-corrected chi connectivity index (χ3v) is 5.27. The van der Waals surface area contributed by atoms with Gasteiger partial charge in [-0.05, 0) is 43.9 Å². The molecular weight excluding hydrogens is 330 g/mol. The van der Waals surface area contributed by atoms with Crippen LogP contribution < -0.4 is 15.5 Å². The van der Waals surface area contributed by atoms with E-state index in [1.165, 1.54) is 0 Å². The van der Waals surface area contributed by atoms with Gasteiger partial charge in [-0.2, -0.15) is 0 Å². The maximum atomic E-state index is 12.7. The number of methoxy groups -OCH3 is 1. The number of ether oxygens (including phenoxy) is 1. The minimum atomic E-state index is -0.124. The van der Waals surface area contributed by atoms with Gasteiger partial charge in [0.05, 0.1) is 12.2 Å². The van der Waals surface area contributed by atoms with Gasteiger partial charge in [-0.15, -0.1) is 0 Å². The molecule has 6 heteroatoms. The van der Waals surface area contributed by atoms with Crippen LogP contribution in [0.1, 0.15) is 48.9 Å². The summed E-state index contributed by atoms with van der Waals surface area (Å²) in [7, 11) is 1.61. The second-order valence-corrected chi connectivity index (χ2v) is 7.15. The molecule has 142 valence electrons. The van der Waals surface area contributed by atoms with Gasteiger partial charge in [0.25, 0.3) is 5.91 Å². The Kier molecular flexibility index (Phi) is 6.50. The van der Waals surface area contributed by atoms with E-state index in [2.05, 4.69) is 15.5 Å². The normalized spacial score (nSPS) is 17.5. The van der Waals surface area contributed by atoms with Crippen molar-refractivity contribution in [2.75, 3.05) is 43.6 Å². The fourth-order valence-electron chi connectivity index (χ4n) is 3.82. The number of hydrogen-bond acceptors (Lipinski definition) is 4. The number of carbonyl (C=O) groups is 2. The zero-order valence-corrected chi connectivity index (χ0v) is 15.6. The number of nitrogens with zero attached hydrogens (tertiary/aromatic N) is 1. The minimum Gasteiger partial charge on any atom is -0.383 e. The van der Waals surface area contributed by atoms with Crippen molar-refractivity contribution >= 4 is 23.2 Å². The molecule has 6 nitrogen and oxygen atoms in total. The lowest BCUT2D eigenvalue weighted by Gasteiger charge is -2.22. The fraction of sp³-hybridized carbons (Fsp3) is 0.600. The van der Waals surface area contributed by atoms with Gasteiger partial charge in [-0.1, -0.05) is 12.8 Å². The highest BCUT2D eigenvalue weighted by atomic mass is 16.5. The maximum absolute atomic E-state index is 12.7. The summed E-state index contributed by atoms with van der Waals surface area (Å²) in [6.07, 6.45) is 6.46. The van der Waals surface area contributed by atoms with Crippen molar-refractivity contribution in [1.29, 1.82) is 0 Å². The molecule has 26 heavy (non-hydrogen) atoms. The van der Waals surface area contributed by atoms with Crippen LogP contribution in [0.25, 0.3) is 0 Å². The van der Waals surface area contributed by atoms with E-state index in [9.17, 15) is 9.59 Å². The Morgan fingerprint density at radius 1 is 1.15 bits per heavy atom. The Bertz CT molecular complexity index is 635. The van der Waals surface area contributed by atoms with E-state index in [1.807, 2.05) is 18.2 Å². The summed E-state index contributed by atoms with van der Waals surface area (Å²) in [5, 5.41) is 5.90. The average Bonchev–Trinajstić information content (AvgIpc) is 3.35. The van der Waals surface area contributed by atoms with Crippen molar-refractivity contribution in [2.24, 2.45) is 5.92 Å². The highest BCUT2D eigenvalue weighted by Crippen LogP contribution is 2.29. The Morgan fingerprint density at radius 3 is 2.58 bits per heavy atom. The SMILES string of the molecule is COCCNC(=O)c1cc(NC(=O)C2CCCC2)ccc1N1CCCC1. The standard InChI is InChI=1S/C20H29N3O3/c1-26-13-10-21-20(25)17-14-16(22-19(24)15-6-2-3-7-15)8-9-18(17)23-11-4-5-12-23/h8-9,14-15H,2-7,10-13H2,1H3,(H,21,25)(H,22,24). The molecule has 0 unspecified atom stereocenters. The summed E-state index contributed by atoms with van der Waals surface area (Å²) >= 11 is 0. The Morgan fingerprint density at radius 2 is 1.88 bits per heavy atom. The summed E-state index contributed by atoms with van der Waals surface area (Å²) < 4.78 is 5.01. The van der Waals surface area contributed by atoms with Crippen LogP contribution in [0.5, 0.6) is 0 Å². The molecule has 2 amide bonds. The number of amides is 2. The summed E-state index contributed by atoms with van der Waals surface area (Å²) in [5.41, 5.74) is 2.25. The Labute approximate surface area is 155 Å². The van der Waals surface area contributed by atoms with Gasteiger partial charge in [-0.3, -0.25) is 9.59 Å². The lowest BCUT2D eigenvalue weighted by molar-refractivity contribution is -0.119. The van der Waals surface area contributed by atoms with Crippen molar-refractivity contribution in [2.45, 2.75) is 38.5 Å². The van der Waals surface area contributed by atoms with Crippen molar-refractivity contribution in [3.63, 3.8) is 0 Å². The van der Waals surface area contributed by atoms with Crippen LogP contribution in [-0.4, -0.2) is 45.2 Å². The highest BCUT2D eigenvalue weighted by Gasteiger charge is 2.24. The van der Waals surface area contributed by atoms with E-state index in [4.69, 9.17) is 4.74 Å². The second-order valence-electron chi connectivity index (χ2n) is 7.15. The van der Waals surface area contributed by atoms with Crippen molar-refractivity contribution in [1.82, 2.24) is 5.32 Å². The second kappa shape index (κ2) is 9.03. The zero-order valence-electron chi connectivity index (χ0n) is 15.6. The molecule has 2 fully saturated rings. The molecule has 2 aliphatic rings. The molecule has 1 heterocycles. The first-order chi connectivity index (χ1) is 12.7. The molecule has 0 bridgehead atoms. The predicted molar refractivity (Wildman–Crippen MR) is 103 cm³/mol. The average molecular weight is 359 g/mol. The van der Waals surface area contributed by atoms with Crippen molar-refractivity contribution in [3.05, 3.63) is 23.8 Å². The van der Waals surface area contributed by atoms with E-state index in [1.54, 1.807) is 7.11 Å². The highest BCUT2D eigenvalue weighted by molar-refractivity contribution is 6.02. The fourth-order valence-corrected chi connectivity index (χ4v) is 3.82. The van der Waals surface area contributed by atoms with E-state index in [0.717, 1.165) is 57.3 Å². The predicted octanol–water partition coefficient (Wildman–Crippen LogP) is 2.79. The Hall–Kier alpha value is -2.08. The van der Waals surface area contributed by atoms with Gasteiger partial charge >= 0.3 is 0 Å². The number of rotatable bonds is 7. The smallest absolute Gasteiger partial charge is 0.253 e. The van der Waals surface area contributed by atoms with Crippen LogP contribution in [0, 0.1) is 5.92 Å². The molecule has 0 aromatic heterocycles. The summed E-state index contributed by atoms with van der Waals surface area (Å²) in [5.74, 6) is 0.0512. The van der Waals surface area contributed by atoms with Gasteiger partial charge in [-0.25, -0.2) is 0 Å². The first-order valence-electron chi connectivity index (χ1n) is 9.66. The topological polar surface area (TPSA) is 70.7 Å². The number of hydrogen-bond donors (Lipinski definition) is 2. The van der Waals surface area contributed by atoms with Crippen LogP contribution in [0.4, 0.5) is 11.4 Å². The first-order valence-corrected chi connectivity index (χ1v) is 9.66. The zero-order chi connectivity index (χ0) is 18.4. The molecule has 1 aromatic carbocycles. The summed E-state index contributed by atoms with van der Waals surface area (Å²) in [6.45, 7) is 2.87. The van der Waals surface area contributed by atoms with Crippen LogP contribution in [-0.2, 0) is 9.53 Å². The van der Waals surface area contributed by atoms with E-state index in [0.29, 0.717) is 24.4 Å². The third-order valence-electron chi connectivity index (χ3n) is 5.27. The number of benzene rings is 1. The van der Waals surface area contributed by atoms with Crippen molar-refractivity contribution < 1.29 is 14.3 Å².